The summed E-state index contributed by atoms with van der Waals surface area (Å²) >= 11 is 0. The molecule has 0 unspecified atom stereocenters. The minimum Gasteiger partial charge on any atom is -0.382 e. The van der Waals surface area contributed by atoms with Crippen LogP contribution in [0.3, 0.4) is 0 Å². The van der Waals surface area contributed by atoms with Gasteiger partial charge >= 0.3 is 0 Å². The molecule has 4 heteroatoms. The predicted octanol–water partition coefficient (Wildman–Crippen LogP) is 3.41. The molecule has 0 fully saturated rings. The van der Waals surface area contributed by atoms with Gasteiger partial charge in [0.25, 0.3) is 0 Å². The van der Waals surface area contributed by atoms with Gasteiger partial charge in [-0.2, -0.15) is 0 Å². The number of fused-ring (bicyclic) bond motifs is 1. The number of anilines is 2. The van der Waals surface area contributed by atoms with Crippen LogP contribution in [0.4, 0.5) is 15.8 Å². The van der Waals surface area contributed by atoms with E-state index in [0.29, 0.717) is 12.2 Å². The molecular weight excluding hydrogens is 243 g/mol. The summed E-state index contributed by atoms with van der Waals surface area (Å²) in [6.07, 6.45) is 0. The van der Waals surface area contributed by atoms with Crippen molar-refractivity contribution in [3.05, 3.63) is 24.0 Å². The highest BCUT2D eigenvalue weighted by molar-refractivity contribution is 6.02. The highest BCUT2D eigenvalue weighted by Gasteiger charge is 2.41. The maximum absolute atomic E-state index is 13.4. The number of benzene rings is 1. The third-order valence-corrected chi connectivity index (χ3v) is 3.37. The molecule has 1 amide bonds. The highest BCUT2D eigenvalue weighted by atomic mass is 19.1. The first-order chi connectivity index (χ1) is 8.63. The maximum atomic E-state index is 13.4. The van der Waals surface area contributed by atoms with E-state index in [4.69, 9.17) is 0 Å². The van der Waals surface area contributed by atoms with E-state index in [1.165, 1.54) is 12.1 Å². The number of carbonyl (C=O) groups is 1. The van der Waals surface area contributed by atoms with Crippen molar-refractivity contribution in [1.82, 2.24) is 0 Å². The minimum absolute atomic E-state index is 0.0536. The van der Waals surface area contributed by atoms with Gasteiger partial charge in [0.2, 0.25) is 5.91 Å². The van der Waals surface area contributed by atoms with Crippen LogP contribution in [-0.4, -0.2) is 18.0 Å². The maximum Gasteiger partial charge on any atom is 0.234 e. The molecular formula is C15H21FN2O. The van der Waals surface area contributed by atoms with Gasteiger partial charge in [0.15, 0.2) is 0 Å². The Labute approximate surface area is 113 Å². The van der Waals surface area contributed by atoms with Crippen LogP contribution in [0.2, 0.25) is 0 Å². The predicted molar refractivity (Wildman–Crippen MR) is 75.9 cm³/mol. The van der Waals surface area contributed by atoms with E-state index >= 15 is 0 Å². The van der Waals surface area contributed by atoms with Crippen LogP contribution in [0, 0.1) is 11.2 Å². The molecule has 0 aromatic heterocycles. The van der Waals surface area contributed by atoms with Crippen LogP contribution in [0.5, 0.6) is 0 Å². The molecule has 0 bridgehead atoms. The molecule has 104 valence electrons. The molecule has 0 spiro atoms. The topological polar surface area (TPSA) is 32.3 Å². The van der Waals surface area contributed by atoms with Crippen molar-refractivity contribution in [2.45, 2.75) is 40.2 Å². The van der Waals surface area contributed by atoms with E-state index in [1.54, 1.807) is 11.0 Å². The van der Waals surface area contributed by atoms with Gasteiger partial charge in [-0.15, -0.1) is 0 Å². The zero-order valence-electron chi connectivity index (χ0n) is 12.2. The Balaban J connectivity index is 2.63. The number of nitrogens with zero attached hydrogens (tertiary/aromatic N) is 1. The molecule has 0 atom stereocenters. The normalized spacial score (nSPS) is 18.6. The average molecular weight is 264 g/mol. The number of halogens is 1. The van der Waals surface area contributed by atoms with Gasteiger partial charge in [-0.05, 0) is 52.8 Å². The molecule has 0 saturated heterocycles. The monoisotopic (exact) mass is 264 g/mol. The van der Waals surface area contributed by atoms with E-state index in [1.807, 2.05) is 34.6 Å². The number of rotatable bonds is 0. The van der Waals surface area contributed by atoms with Gasteiger partial charge < -0.3 is 10.2 Å². The minimum atomic E-state index is -0.525. The molecule has 1 aliphatic heterocycles. The SMILES string of the molecule is CC1(C)CNc2cc(F)ccc2N(C(C)(C)C)C1=O. The number of hydrogen-bond acceptors (Lipinski definition) is 2. The number of hydrogen-bond donors (Lipinski definition) is 1. The first-order valence-corrected chi connectivity index (χ1v) is 6.51. The van der Waals surface area contributed by atoms with Gasteiger partial charge in [0, 0.05) is 12.1 Å². The second-order valence-corrected chi connectivity index (χ2v) is 6.71. The number of carbonyl (C=O) groups excluding carboxylic acids is 1. The fraction of sp³-hybridized carbons (Fsp3) is 0.533. The molecule has 19 heavy (non-hydrogen) atoms. The van der Waals surface area contributed by atoms with E-state index in [9.17, 15) is 9.18 Å². The quantitative estimate of drug-likeness (QED) is 0.779. The van der Waals surface area contributed by atoms with Gasteiger partial charge in [0.05, 0.1) is 16.8 Å². The van der Waals surface area contributed by atoms with Gasteiger partial charge in [-0.25, -0.2) is 4.39 Å². The molecule has 1 aromatic carbocycles. The van der Waals surface area contributed by atoms with E-state index in [-0.39, 0.29) is 17.3 Å². The lowest BCUT2D eigenvalue weighted by Gasteiger charge is -2.38. The standard InChI is InChI=1S/C15H21FN2O/c1-14(2,3)18-12-7-6-10(16)8-11(12)17-9-15(4,5)13(18)19/h6-8,17H,9H2,1-5H3. The van der Waals surface area contributed by atoms with Crippen molar-refractivity contribution < 1.29 is 9.18 Å². The summed E-state index contributed by atoms with van der Waals surface area (Å²) in [6, 6.07) is 4.51. The average Bonchev–Trinajstić information content (AvgIpc) is 2.35. The van der Waals surface area contributed by atoms with E-state index < -0.39 is 5.41 Å². The van der Waals surface area contributed by atoms with Crippen LogP contribution < -0.4 is 10.2 Å². The van der Waals surface area contributed by atoms with Crippen molar-refractivity contribution in [1.29, 1.82) is 0 Å². The first-order valence-electron chi connectivity index (χ1n) is 6.51. The third-order valence-electron chi connectivity index (χ3n) is 3.37. The van der Waals surface area contributed by atoms with Gasteiger partial charge in [-0.1, -0.05) is 0 Å². The smallest absolute Gasteiger partial charge is 0.234 e. The molecule has 3 nitrogen and oxygen atoms in total. The molecule has 1 N–H and O–H groups in total. The second kappa shape index (κ2) is 4.22. The summed E-state index contributed by atoms with van der Waals surface area (Å²) in [4.78, 5) is 14.5. The molecule has 0 aliphatic carbocycles. The Morgan fingerprint density at radius 1 is 1.32 bits per heavy atom. The Kier molecular flexibility index (Phi) is 3.07. The molecule has 0 radical (unpaired) electrons. The Bertz CT molecular complexity index is 517. The van der Waals surface area contributed by atoms with E-state index in [0.717, 1.165) is 5.69 Å². The zero-order chi connectivity index (χ0) is 14.4. The van der Waals surface area contributed by atoms with Gasteiger partial charge in [0.1, 0.15) is 5.82 Å². The highest BCUT2D eigenvalue weighted by Crippen LogP contribution is 2.38. The van der Waals surface area contributed by atoms with Crippen LogP contribution in [0.25, 0.3) is 0 Å². The lowest BCUT2D eigenvalue weighted by atomic mass is 9.89. The largest absolute Gasteiger partial charge is 0.382 e. The number of nitrogens with one attached hydrogen (secondary N) is 1. The summed E-state index contributed by atoms with van der Waals surface area (Å²) in [6.45, 7) is 10.3. The van der Waals surface area contributed by atoms with Crippen LogP contribution >= 0.6 is 0 Å². The first kappa shape index (κ1) is 13.8. The lowest BCUT2D eigenvalue weighted by molar-refractivity contribution is -0.126. The Morgan fingerprint density at radius 3 is 2.53 bits per heavy atom. The molecule has 1 aromatic rings. The third kappa shape index (κ3) is 2.44. The Morgan fingerprint density at radius 2 is 1.95 bits per heavy atom. The van der Waals surface area contributed by atoms with Crippen LogP contribution in [-0.2, 0) is 4.79 Å². The lowest BCUT2D eigenvalue weighted by Crippen LogP contribution is -2.51. The molecule has 1 aliphatic rings. The van der Waals surface area contributed by atoms with Crippen molar-refractivity contribution in [3.63, 3.8) is 0 Å². The van der Waals surface area contributed by atoms with Crippen molar-refractivity contribution >= 4 is 17.3 Å². The molecule has 2 rings (SSSR count). The van der Waals surface area contributed by atoms with Crippen molar-refractivity contribution in [2.24, 2.45) is 5.41 Å². The molecule has 0 saturated carbocycles. The van der Waals surface area contributed by atoms with Crippen molar-refractivity contribution in [2.75, 3.05) is 16.8 Å². The molecule has 1 heterocycles. The van der Waals surface area contributed by atoms with Gasteiger partial charge in [-0.3, -0.25) is 4.79 Å². The van der Waals surface area contributed by atoms with Crippen molar-refractivity contribution in [3.8, 4) is 0 Å². The van der Waals surface area contributed by atoms with Crippen LogP contribution in [0.15, 0.2) is 18.2 Å². The summed E-state index contributed by atoms with van der Waals surface area (Å²) in [5, 5.41) is 3.19. The summed E-state index contributed by atoms with van der Waals surface area (Å²) in [7, 11) is 0. The van der Waals surface area contributed by atoms with E-state index in [2.05, 4.69) is 5.32 Å². The van der Waals surface area contributed by atoms with Crippen LogP contribution in [0.1, 0.15) is 34.6 Å². The summed E-state index contributed by atoms with van der Waals surface area (Å²) < 4.78 is 13.4. The summed E-state index contributed by atoms with van der Waals surface area (Å²) in [5.41, 5.74) is 0.536. The fourth-order valence-electron chi connectivity index (χ4n) is 2.31. The Hall–Kier alpha value is -1.58. The second-order valence-electron chi connectivity index (χ2n) is 6.71. The fourth-order valence-corrected chi connectivity index (χ4v) is 2.31. The summed E-state index contributed by atoms with van der Waals surface area (Å²) in [5.74, 6) is -0.245. The zero-order valence-corrected chi connectivity index (χ0v) is 12.2. The number of amides is 1.